The number of rotatable bonds is 3. The zero-order valence-electron chi connectivity index (χ0n) is 7.45. The van der Waals surface area contributed by atoms with Gasteiger partial charge in [0.2, 0.25) is 5.88 Å². The van der Waals surface area contributed by atoms with E-state index in [9.17, 15) is 0 Å². The molecule has 1 aromatic rings. The second-order valence-electron chi connectivity index (χ2n) is 3.07. The van der Waals surface area contributed by atoms with Crippen molar-refractivity contribution in [2.75, 3.05) is 12.5 Å². The second kappa shape index (κ2) is 3.18. The minimum absolute atomic E-state index is 0.502. The Labute approximate surface area is 76.3 Å². The third-order valence-corrected chi connectivity index (χ3v) is 2.02. The number of nitrogens with one attached hydrogen (secondary N) is 1. The van der Waals surface area contributed by atoms with Gasteiger partial charge in [-0.25, -0.2) is 10.8 Å². The van der Waals surface area contributed by atoms with Crippen LogP contribution in [0.1, 0.15) is 24.6 Å². The fourth-order valence-electron chi connectivity index (χ4n) is 1.15. The van der Waals surface area contributed by atoms with Gasteiger partial charge in [0, 0.05) is 12.0 Å². The first-order chi connectivity index (χ1) is 6.33. The van der Waals surface area contributed by atoms with Crippen molar-refractivity contribution in [2.24, 2.45) is 5.84 Å². The van der Waals surface area contributed by atoms with E-state index in [0.717, 1.165) is 18.7 Å². The fourth-order valence-corrected chi connectivity index (χ4v) is 1.15. The molecule has 0 aliphatic heterocycles. The van der Waals surface area contributed by atoms with Gasteiger partial charge in [-0.2, -0.15) is 4.98 Å². The Bertz CT molecular complexity index is 289. The number of anilines is 1. The van der Waals surface area contributed by atoms with Gasteiger partial charge >= 0.3 is 0 Å². The largest absolute Gasteiger partial charge is 0.481 e. The van der Waals surface area contributed by atoms with Crippen molar-refractivity contribution in [3.63, 3.8) is 0 Å². The lowest BCUT2D eigenvalue weighted by Crippen LogP contribution is -2.10. The molecule has 1 aliphatic carbocycles. The average molecular weight is 180 g/mol. The average Bonchev–Trinajstić information content (AvgIpc) is 3.00. The molecule has 0 unspecified atom stereocenters. The van der Waals surface area contributed by atoms with E-state index in [4.69, 9.17) is 10.6 Å². The third kappa shape index (κ3) is 1.70. The Morgan fingerprint density at radius 3 is 2.85 bits per heavy atom. The predicted octanol–water partition coefficient (Wildman–Crippen LogP) is 0.648. The lowest BCUT2D eigenvalue weighted by Gasteiger charge is -2.05. The van der Waals surface area contributed by atoms with E-state index < -0.39 is 0 Å². The van der Waals surface area contributed by atoms with Crippen LogP contribution in [-0.2, 0) is 0 Å². The normalized spacial score (nSPS) is 15.5. The number of ether oxygens (including phenoxy) is 1. The summed E-state index contributed by atoms with van der Waals surface area (Å²) in [6.45, 7) is 0. The molecule has 0 saturated heterocycles. The number of hydrogen-bond acceptors (Lipinski definition) is 5. The van der Waals surface area contributed by atoms with E-state index in [1.807, 2.05) is 0 Å². The first-order valence-electron chi connectivity index (χ1n) is 4.23. The Kier molecular flexibility index (Phi) is 2.02. The monoisotopic (exact) mass is 180 g/mol. The molecule has 5 nitrogen and oxygen atoms in total. The van der Waals surface area contributed by atoms with E-state index in [1.165, 1.54) is 0 Å². The number of methoxy groups -OCH3 is 1. The smallest absolute Gasteiger partial charge is 0.218 e. The van der Waals surface area contributed by atoms with Crippen LogP contribution < -0.4 is 16.0 Å². The molecule has 0 radical (unpaired) electrons. The Balaban J connectivity index is 2.33. The third-order valence-electron chi connectivity index (χ3n) is 2.02. The van der Waals surface area contributed by atoms with Crippen LogP contribution in [0.15, 0.2) is 6.07 Å². The van der Waals surface area contributed by atoms with Crippen LogP contribution in [0.25, 0.3) is 0 Å². The molecule has 13 heavy (non-hydrogen) atoms. The van der Waals surface area contributed by atoms with E-state index in [0.29, 0.717) is 17.6 Å². The first kappa shape index (κ1) is 8.25. The minimum atomic E-state index is 0.502. The quantitative estimate of drug-likeness (QED) is 0.527. The molecular weight excluding hydrogens is 168 g/mol. The van der Waals surface area contributed by atoms with E-state index in [1.54, 1.807) is 13.2 Å². The molecule has 1 fully saturated rings. The van der Waals surface area contributed by atoms with Crippen molar-refractivity contribution in [1.29, 1.82) is 0 Å². The summed E-state index contributed by atoms with van der Waals surface area (Å²) in [6, 6.07) is 1.67. The molecule has 70 valence electrons. The van der Waals surface area contributed by atoms with Crippen LogP contribution in [0.3, 0.4) is 0 Å². The number of hydrazine groups is 1. The first-order valence-corrected chi connectivity index (χ1v) is 4.23. The van der Waals surface area contributed by atoms with Gasteiger partial charge in [0.15, 0.2) is 0 Å². The van der Waals surface area contributed by atoms with Gasteiger partial charge in [-0.05, 0) is 12.8 Å². The molecule has 1 heterocycles. The van der Waals surface area contributed by atoms with Gasteiger partial charge in [-0.15, -0.1) is 0 Å². The maximum Gasteiger partial charge on any atom is 0.218 e. The zero-order chi connectivity index (χ0) is 9.26. The van der Waals surface area contributed by atoms with Crippen molar-refractivity contribution >= 4 is 5.82 Å². The highest BCUT2D eigenvalue weighted by Crippen LogP contribution is 2.38. The lowest BCUT2D eigenvalue weighted by molar-refractivity contribution is 0.395. The maximum absolute atomic E-state index is 5.27. The maximum atomic E-state index is 5.27. The summed E-state index contributed by atoms with van der Waals surface area (Å²) in [5, 5.41) is 0. The molecule has 0 spiro atoms. The number of hydrogen-bond donors (Lipinski definition) is 2. The van der Waals surface area contributed by atoms with E-state index >= 15 is 0 Å². The summed E-state index contributed by atoms with van der Waals surface area (Å²) in [7, 11) is 1.58. The summed E-state index contributed by atoms with van der Waals surface area (Å²) in [6.07, 6.45) is 2.33. The molecule has 3 N–H and O–H groups in total. The minimum Gasteiger partial charge on any atom is -0.481 e. The Hall–Kier alpha value is -1.36. The van der Waals surface area contributed by atoms with E-state index in [2.05, 4.69) is 15.4 Å². The van der Waals surface area contributed by atoms with Crippen molar-refractivity contribution < 1.29 is 4.74 Å². The standard InChI is InChI=1S/C8H12N4O/c1-13-7-4-6(12-9)10-8(11-7)5-2-3-5/h4-5H,2-3,9H2,1H3,(H,10,11,12). The fraction of sp³-hybridized carbons (Fsp3) is 0.500. The molecule has 0 bridgehead atoms. The van der Waals surface area contributed by atoms with Crippen LogP contribution in [0.5, 0.6) is 5.88 Å². The SMILES string of the molecule is COc1cc(NN)nc(C2CC2)n1. The van der Waals surface area contributed by atoms with Gasteiger partial charge < -0.3 is 10.2 Å². The van der Waals surface area contributed by atoms with Crippen LogP contribution in [0, 0.1) is 0 Å². The topological polar surface area (TPSA) is 73.1 Å². The Morgan fingerprint density at radius 1 is 1.54 bits per heavy atom. The second-order valence-corrected chi connectivity index (χ2v) is 3.07. The number of nitrogens with two attached hydrogens (primary N) is 1. The number of nitrogens with zero attached hydrogens (tertiary/aromatic N) is 2. The molecule has 2 rings (SSSR count). The molecule has 0 atom stereocenters. The highest BCUT2D eigenvalue weighted by molar-refractivity contribution is 5.37. The molecule has 5 heteroatoms. The number of nitrogen functional groups attached to an aromatic ring is 1. The summed E-state index contributed by atoms with van der Waals surface area (Å²) in [4.78, 5) is 8.47. The van der Waals surface area contributed by atoms with Crippen molar-refractivity contribution in [1.82, 2.24) is 9.97 Å². The zero-order valence-corrected chi connectivity index (χ0v) is 7.45. The van der Waals surface area contributed by atoms with Gasteiger partial charge in [-0.1, -0.05) is 0 Å². The van der Waals surface area contributed by atoms with Crippen molar-refractivity contribution in [3.05, 3.63) is 11.9 Å². The van der Waals surface area contributed by atoms with Crippen molar-refractivity contribution in [3.8, 4) is 5.88 Å². The van der Waals surface area contributed by atoms with Gasteiger partial charge in [0.25, 0.3) is 0 Å². The van der Waals surface area contributed by atoms with Gasteiger partial charge in [0.05, 0.1) is 7.11 Å². The summed E-state index contributed by atoms with van der Waals surface area (Å²) >= 11 is 0. The summed E-state index contributed by atoms with van der Waals surface area (Å²) in [5.74, 6) is 7.76. The van der Waals surface area contributed by atoms with E-state index in [-0.39, 0.29) is 0 Å². The summed E-state index contributed by atoms with van der Waals surface area (Å²) < 4.78 is 5.03. The van der Waals surface area contributed by atoms with Crippen LogP contribution in [0.2, 0.25) is 0 Å². The predicted molar refractivity (Wildman–Crippen MR) is 48.4 cm³/mol. The van der Waals surface area contributed by atoms with Crippen LogP contribution in [-0.4, -0.2) is 17.1 Å². The highest BCUT2D eigenvalue weighted by atomic mass is 16.5. The van der Waals surface area contributed by atoms with Gasteiger partial charge in [-0.3, -0.25) is 0 Å². The molecular formula is C8H12N4O. The number of aromatic nitrogens is 2. The highest BCUT2D eigenvalue weighted by Gasteiger charge is 2.27. The van der Waals surface area contributed by atoms with Crippen LogP contribution in [0.4, 0.5) is 5.82 Å². The molecule has 1 aromatic heterocycles. The molecule has 1 saturated carbocycles. The molecule has 1 aliphatic rings. The van der Waals surface area contributed by atoms with Crippen molar-refractivity contribution in [2.45, 2.75) is 18.8 Å². The van der Waals surface area contributed by atoms with Crippen LogP contribution >= 0.6 is 0 Å². The Morgan fingerprint density at radius 2 is 2.31 bits per heavy atom. The lowest BCUT2D eigenvalue weighted by atomic mass is 10.4. The molecule has 0 aromatic carbocycles. The summed E-state index contributed by atoms with van der Waals surface area (Å²) in [5.41, 5.74) is 2.49. The van der Waals surface area contributed by atoms with Gasteiger partial charge in [0.1, 0.15) is 11.6 Å². The molecule has 0 amide bonds.